The number of nitrogens with one attached hydrogen (secondary N) is 1. The lowest BCUT2D eigenvalue weighted by Gasteiger charge is -2.27. The number of ether oxygens (including phenoxy) is 1. The molecule has 33 heavy (non-hydrogen) atoms. The molecule has 0 spiro atoms. The van der Waals surface area contributed by atoms with Gasteiger partial charge in [0.05, 0.1) is 17.2 Å². The molecule has 170 valence electrons. The number of rotatable bonds is 4. The van der Waals surface area contributed by atoms with Crippen molar-refractivity contribution in [1.29, 1.82) is 0 Å². The summed E-state index contributed by atoms with van der Waals surface area (Å²) in [5.41, 5.74) is 1.48. The smallest absolute Gasteiger partial charge is 0.251 e. The molecule has 0 bridgehead atoms. The van der Waals surface area contributed by atoms with Crippen LogP contribution in [0.5, 0.6) is 5.75 Å². The molecular formula is C26H22ClF2NO3. The molecule has 1 amide bonds. The summed E-state index contributed by atoms with van der Waals surface area (Å²) in [5.74, 6) is -1.65. The number of aliphatic hydroxyl groups excluding tert-OH is 1. The average molecular weight is 470 g/mol. The highest BCUT2D eigenvalue weighted by Gasteiger charge is 2.44. The molecule has 0 aromatic heterocycles. The van der Waals surface area contributed by atoms with Crippen LogP contribution < -0.4 is 10.1 Å². The van der Waals surface area contributed by atoms with Crippen LogP contribution in [-0.4, -0.2) is 24.7 Å². The number of carbonyl (C=O) groups is 1. The second-order valence-corrected chi connectivity index (χ2v) is 8.88. The standard InChI is InChI=1S/C26H22ClF2NO3/c1-30-25(32)17-10-14-6-5-9-16(14)24(29)22(17)21-18-12-26(13-31,15-7-3-2-4-8-15)33-20(18)11-19(28)23(21)27/h2-4,7-8,10-11,31H,5-6,9,12-13H2,1H3,(H,30,32)/t26-/m1/s1. The van der Waals surface area contributed by atoms with Gasteiger partial charge >= 0.3 is 0 Å². The van der Waals surface area contributed by atoms with Crippen LogP contribution in [0.1, 0.15) is 39.0 Å². The van der Waals surface area contributed by atoms with Crippen LogP contribution in [0, 0.1) is 11.6 Å². The average Bonchev–Trinajstić information content (AvgIpc) is 3.46. The van der Waals surface area contributed by atoms with Gasteiger partial charge in [-0.1, -0.05) is 41.9 Å². The first-order chi connectivity index (χ1) is 15.9. The number of halogens is 3. The Balaban J connectivity index is 1.78. The zero-order chi connectivity index (χ0) is 23.3. The lowest BCUT2D eigenvalue weighted by atomic mass is 9.85. The van der Waals surface area contributed by atoms with Gasteiger partial charge in [0.25, 0.3) is 5.91 Å². The largest absolute Gasteiger partial charge is 0.479 e. The monoisotopic (exact) mass is 469 g/mol. The van der Waals surface area contributed by atoms with Crippen molar-refractivity contribution >= 4 is 17.5 Å². The maximum absolute atomic E-state index is 15.9. The first-order valence-electron chi connectivity index (χ1n) is 10.8. The summed E-state index contributed by atoms with van der Waals surface area (Å²) in [6.45, 7) is -0.376. The highest BCUT2D eigenvalue weighted by molar-refractivity contribution is 6.34. The number of carbonyl (C=O) groups excluding carboxylic acids is 1. The minimum absolute atomic E-state index is 0.0267. The molecule has 0 unspecified atom stereocenters. The summed E-state index contributed by atoms with van der Waals surface area (Å²) in [6, 6.07) is 11.9. The second kappa shape index (κ2) is 8.12. The Hall–Kier alpha value is -2.96. The lowest BCUT2D eigenvalue weighted by Crippen LogP contribution is -2.35. The Kier molecular flexibility index (Phi) is 5.38. The zero-order valence-corrected chi connectivity index (χ0v) is 18.7. The van der Waals surface area contributed by atoms with Crippen molar-refractivity contribution in [3.8, 4) is 16.9 Å². The quantitative estimate of drug-likeness (QED) is 0.568. The van der Waals surface area contributed by atoms with E-state index in [-0.39, 0.29) is 40.5 Å². The molecule has 1 atom stereocenters. The van der Waals surface area contributed by atoms with Crippen LogP contribution >= 0.6 is 11.6 Å². The minimum Gasteiger partial charge on any atom is -0.479 e. The van der Waals surface area contributed by atoms with Gasteiger partial charge in [-0.05, 0) is 42.0 Å². The first kappa shape index (κ1) is 21.9. The number of fused-ring (bicyclic) bond motifs is 2. The fourth-order valence-corrected chi connectivity index (χ4v) is 5.30. The maximum atomic E-state index is 15.9. The molecule has 0 saturated carbocycles. The Labute approximate surface area is 195 Å². The number of benzene rings is 3. The van der Waals surface area contributed by atoms with Crippen molar-refractivity contribution in [1.82, 2.24) is 5.32 Å². The summed E-state index contributed by atoms with van der Waals surface area (Å²) in [7, 11) is 1.46. The number of aryl methyl sites for hydroxylation is 1. The van der Waals surface area contributed by atoms with E-state index in [2.05, 4.69) is 5.32 Å². The molecule has 1 aliphatic heterocycles. The van der Waals surface area contributed by atoms with Gasteiger partial charge in [-0.3, -0.25) is 4.79 Å². The van der Waals surface area contributed by atoms with Crippen molar-refractivity contribution in [2.45, 2.75) is 31.3 Å². The molecular weight excluding hydrogens is 448 g/mol. The van der Waals surface area contributed by atoms with Crippen LogP contribution in [0.4, 0.5) is 8.78 Å². The van der Waals surface area contributed by atoms with E-state index >= 15 is 8.78 Å². The minimum atomic E-state index is -1.17. The Bertz CT molecular complexity index is 1280. The predicted molar refractivity (Wildman–Crippen MR) is 122 cm³/mol. The molecule has 5 rings (SSSR count). The highest BCUT2D eigenvalue weighted by atomic mass is 35.5. The van der Waals surface area contributed by atoms with Crippen LogP contribution in [0.25, 0.3) is 11.1 Å². The zero-order valence-electron chi connectivity index (χ0n) is 18.0. The van der Waals surface area contributed by atoms with Crippen molar-refractivity contribution in [2.75, 3.05) is 13.7 Å². The predicted octanol–water partition coefficient (Wildman–Crippen LogP) is 4.96. The third-order valence-corrected chi connectivity index (χ3v) is 7.03. The van der Waals surface area contributed by atoms with E-state index in [9.17, 15) is 9.90 Å². The van der Waals surface area contributed by atoms with Crippen molar-refractivity contribution in [3.63, 3.8) is 0 Å². The van der Waals surface area contributed by atoms with Gasteiger partial charge in [0, 0.05) is 36.2 Å². The summed E-state index contributed by atoms with van der Waals surface area (Å²) in [4.78, 5) is 12.8. The molecule has 3 aromatic rings. The van der Waals surface area contributed by atoms with Crippen molar-refractivity contribution in [3.05, 3.63) is 86.9 Å². The highest BCUT2D eigenvalue weighted by Crippen LogP contribution is 2.50. The molecule has 1 heterocycles. The normalized spacial score (nSPS) is 18.6. The molecule has 0 fully saturated rings. The molecule has 4 nitrogen and oxygen atoms in total. The van der Waals surface area contributed by atoms with E-state index in [0.29, 0.717) is 29.5 Å². The van der Waals surface area contributed by atoms with E-state index in [1.807, 2.05) is 30.3 Å². The summed E-state index contributed by atoms with van der Waals surface area (Å²) in [6.07, 6.45) is 2.14. The van der Waals surface area contributed by atoms with Crippen LogP contribution in [-0.2, 0) is 24.9 Å². The molecule has 0 saturated heterocycles. The lowest BCUT2D eigenvalue weighted by molar-refractivity contribution is 0.0246. The molecule has 3 aromatic carbocycles. The van der Waals surface area contributed by atoms with Crippen molar-refractivity contribution < 1.29 is 23.4 Å². The molecule has 2 aliphatic rings. The van der Waals surface area contributed by atoms with Crippen LogP contribution in [0.3, 0.4) is 0 Å². The van der Waals surface area contributed by atoms with Crippen molar-refractivity contribution in [2.24, 2.45) is 0 Å². The summed E-state index contributed by atoms with van der Waals surface area (Å²) < 4.78 is 37.1. The summed E-state index contributed by atoms with van der Waals surface area (Å²) in [5, 5.41) is 12.6. The fourth-order valence-electron chi connectivity index (χ4n) is 5.03. The van der Waals surface area contributed by atoms with Crippen LogP contribution in [0.15, 0.2) is 42.5 Å². The van der Waals surface area contributed by atoms with Gasteiger partial charge in [-0.2, -0.15) is 0 Å². The van der Waals surface area contributed by atoms with Gasteiger partial charge < -0.3 is 15.2 Å². The summed E-state index contributed by atoms with van der Waals surface area (Å²) >= 11 is 6.45. The van der Waals surface area contributed by atoms with E-state index in [0.717, 1.165) is 18.1 Å². The molecule has 7 heteroatoms. The number of amides is 1. The second-order valence-electron chi connectivity index (χ2n) is 8.50. The number of hydrogen-bond donors (Lipinski definition) is 2. The SMILES string of the molecule is CNC(=O)c1cc2c(c(F)c1-c1c(Cl)c(F)cc3c1C[C@@](CO)(c1ccccc1)O3)CCC2. The van der Waals surface area contributed by atoms with Crippen LogP contribution in [0.2, 0.25) is 5.02 Å². The maximum Gasteiger partial charge on any atom is 0.251 e. The van der Waals surface area contributed by atoms with E-state index in [1.165, 1.54) is 7.05 Å². The number of aliphatic hydroxyl groups is 1. The third-order valence-electron chi connectivity index (χ3n) is 6.66. The van der Waals surface area contributed by atoms with E-state index in [4.69, 9.17) is 16.3 Å². The first-order valence-corrected chi connectivity index (χ1v) is 11.2. The fraction of sp³-hybridized carbons (Fsp3) is 0.269. The van der Waals surface area contributed by atoms with E-state index < -0.39 is 23.1 Å². The van der Waals surface area contributed by atoms with Gasteiger partial charge in [-0.15, -0.1) is 0 Å². The van der Waals surface area contributed by atoms with Gasteiger partial charge in [0.15, 0.2) is 5.60 Å². The Morgan fingerprint density at radius 3 is 2.61 bits per heavy atom. The molecule has 1 aliphatic carbocycles. The number of hydrogen-bond acceptors (Lipinski definition) is 3. The Morgan fingerprint density at radius 2 is 1.91 bits per heavy atom. The van der Waals surface area contributed by atoms with Gasteiger partial charge in [0.2, 0.25) is 0 Å². The van der Waals surface area contributed by atoms with E-state index in [1.54, 1.807) is 6.07 Å². The third kappa shape index (κ3) is 3.31. The topological polar surface area (TPSA) is 58.6 Å². The Morgan fingerprint density at radius 1 is 1.15 bits per heavy atom. The van der Waals surface area contributed by atoms with Gasteiger partial charge in [-0.25, -0.2) is 8.78 Å². The molecule has 2 N–H and O–H groups in total. The molecule has 0 radical (unpaired) electrons. The van der Waals surface area contributed by atoms with Gasteiger partial charge in [0.1, 0.15) is 17.4 Å².